The summed E-state index contributed by atoms with van der Waals surface area (Å²) in [5.41, 5.74) is 0. The van der Waals surface area contributed by atoms with E-state index < -0.39 is 0 Å². The highest BCUT2D eigenvalue weighted by Crippen LogP contribution is 2.36. The van der Waals surface area contributed by atoms with Crippen molar-refractivity contribution >= 4 is 41.3 Å². The maximum absolute atomic E-state index is 4.48. The first kappa shape index (κ1) is 22.0. The number of rotatable bonds is 4. The van der Waals surface area contributed by atoms with E-state index in [1.807, 2.05) is 18.4 Å². The van der Waals surface area contributed by atoms with Crippen LogP contribution in [0.1, 0.15) is 56.4 Å². The van der Waals surface area contributed by atoms with E-state index in [0.717, 1.165) is 18.4 Å². The van der Waals surface area contributed by atoms with Gasteiger partial charge in [0.1, 0.15) is 0 Å². The molecule has 1 aromatic rings. The molecule has 2 heterocycles. The highest BCUT2D eigenvalue weighted by molar-refractivity contribution is 14.0. The van der Waals surface area contributed by atoms with Crippen LogP contribution in [0.25, 0.3) is 0 Å². The van der Waals surface area contributed by atoms with Gasteiger partial charge in [-0.1, -0.05) is 25.8 Å². The van der Waals surface area contributed by atoms with Crippen molar-refractivity contribution in [3.8, 4) is 0 Å². The molecule has 26 heavy (non-hydrogen) atoms. The molecule has 4 atom stereocenters. The molecule has 6 heteroatoms. The quantitative estimate of drug-likeness (QED) is 0.371. The lowest BCUT2D eigenvalue weighted by Gasteiger charge is -2.39. The van der Waals surface area contributed by atoms with Crippen LogP contribution in [0.5, 0.6) is 0 Å². The van der Waals surface area contributed by atoms with Crippen molar-refractivity contribution in [2.24, 2.45) is 16.8 Å². The van der Waals surface area contributed by atoms with Gasteiger partial charge in [-0.2, -0.15) is 0 Å². The van der Waals surface area contributed by atoms with E-state index in [-0.39, 0.29) is 24.0 Å². The fourth-order valence-electron chi connectivity index (χ4n) is 4.56. The zero-order valence-electron chi connectivity index (χ0n) is 16.4. The predicted molar refractivity (Wildman–Crippen MR) is 124 cm³/mol. The van der Waals surface area contributed by atoms with Crippen LogP contribution in [0.4, 0.5) is 0 Å². The van der Waals surface area contributed by atoms with Gasteiger partial charge in [-0.15, -0.1) is 35.3 Å². The molecule has 3 rings (SSSR count). The third-order valence-corrected chi connectivity index (χ3v) is 6.82. The Bertz CT molecular complexity index is 548. The lowest BCUT2D eigenvalue weighted by Crippen LogP contribution is -2.48. The second kappa shape index (κ2) is 10.9. The molecule has 1 saturated heterocycles. The van der Waals surface area contributed by atoms with E-state index in [2.05, 4.69) is 52.0 Å². The summed E-state index contributed by atoms with van der Waals surface area (Å²) in [6.07, 6.45) is 7.83. The summed E-state index contributed by atoms with van der Waals surface area (Å²) in [6, 6.07) is 5.59. The minimum Gasteiger partial charge on any atom is -0.356 e. The number of thiophene rings is 1. The van der Waals surface area contributed by atoms with Crippen molar-refractivity contribution in [1.82, 2.24) is 15.5 Å². The van der Waals surface area contributed by atoms with E-state index in [1.54, 1.807) is 0 Å². The van der Waals surface area contributed by atoms with Gasteiger partial charge in [0.2, 0.25) is 0 Å². The Kier molecular flexibility index (Phi) is 9.17. The lowest BCUT2D eigenvalue weighted by molar-refractivity contribution is 0.125. The van der Waals surface area contributed by atoms with Crippen LogP contribution >= 0.6 is 35.3 Å². The molecule has 2 fully saturated rings. The van der Waals surface area contributed by atoms with Gasteiger partial charge in [-0.3, -0.25) is 9.89 Å². The Morgan fingerprint density at radius 2 is 2.15 bits per heavy atom. The fraction of sp³-hybridized carbons (Fsp3) is 0.750. The second-order valence-corrected chi connectivity index (χ2v) is 8.89. The number of piperidine rings is 1. The van der Waals surface area contributed by atoms with E-state index in [4.69, 9.17) is 0 Å². The average Bonchev–Trinajstić information content (AvgIpc) is 3.12. The second-order valence-electron chi connectivity index (χ2n) is 7.91. The number of likely N-dealkylation sites (tertiary alicyclic amines) is 1. The van der Waals surface area contributed by atoms with E-state index >= 15 is 0 Å². The van der Waals surface area contributed by atoms with Crippen molar-refractivity contribution in [2.45, 2.75) is 57.5 Å². The topological polar surface area (TPSA) is 39.7 Å². The number of nitrogens with one attached hydrogen (secondary N) is 2. The third kappa shape index (κ3) is 5.83. The molecule has 0 amide bonds. The van der Waals surface area contributed by atoms with Crippen molar-refractivity contribution in [3.05, 3.63) is 22.4 Å². The number of guanidine groups is 1. The number of hydrogen-bond donors (Lipinski definition) is 2. The van der Waals surface area contributed by atoms with Gasteiger partial charge in [0.15, 0.2) is 5.96 Å². The minimum atomic E-state index is 0. The largest absolute Gasteiger partial charge is 0.356 e. The fourth-order valence-corrected chi connectivity index (χ4v) is 5.55. The molecule has 1 aliphatic heterocycles. The number of halogens is 1. The van der Waals surface area contributed by atoms with Crippen LogP contribution in [-0.2, 0) is 0 Å². The molecule has 0 spiro atoms. The summed E-state index contributed by atoms with van der Waals surface area (Å²) in [5, 5.41) is 9.50. The Labute approximate surface area is 180 Å². The molecule has 4 unspecified atom stereocenters. The monoisotopic (exact) mass is 490 g/mol. The Hall–Kier alpha value is -0.340. The molecule has 0 bridgehead atoms. The van der Waals surface area contributed by atoms with Gasteiger partial charge in [-0.25, -0.2) is 0 Å². The van der Waals surface area contributed by atoms with Crippen LogP contribution in [0.2, 0.25) is 0 Å². The molecule has 1 saturated carbocycles. The average molecular weight is 490 g/mol. The van der Waals surface area contributed by atoms with Gasteiger partial charge in [-0.05, 0) is 62.6 Å². The van der Waals surface area contributed by atoms with Gasteiger partial charge in [0.25, 0.3) is 0 Å². The van der Waals surface area contributed by atoms with Crippen molar-refractivity contribution < 1.29 is 0 Å². The van der Waals surface area contributed by atoms with E-state index in [1.165, 1.54) is 49.9 Å². The summed E-state index contributed by atoms with van der Waals surface area (Å²) >= 11 is 1.89. The minimum absolute atomic E-state index is 0. The van der Waals surface area contributed by atoms with Crippen molar-refractivity contribution in [2.75, 3.05) is 27.2 Å². The SMILES string of the molecule is CN=C(NCC1CCCN(C)C1c1cccs1)NC1CCCC(C)C1.I. The Morgan fingerprint density at radius 3 is 2.85 bits per heavy atom. The summed E-state index contributed by atoms with van der Waals surface area (Å²) in [4.78, 5) is 8.51. The first-order valence-corrected chi connectivity index (χ1v) is 10.8. The highest BCUT2D eigenvalue weighted by atomic mass is 127. The zero-order valence-corrected chi connectivity index (χ0v) is 19.6. The standard InChI is InChI=1S/C20H34N4S.HI/c1-15-7-4-9-17(13-15)23-20(21-2)22-14-16-8-5-11-24(3)19(16)18-10-6-12-25-18;/h6,10,12,15-17,19H,4-5,7-9,11,13-14H2,1-3H3,(H2,21,22,23);1H. The van der Waals surface area contributed by atoms with Crippen LogP contribution in [-0.4, -0.2) is 44.1 Å². The first-order chi connectivity index (χ1) is 12.2. The van der Waals surface area contributed by atoms with Crippen molar-refractivity contribution in [3.63, 3.8) is 0 Å². The van der Waals surface area contributed by atoms with Crippen LogP contribution in [0.3, 0.4) is 0 Å². The summed E-state index contributed by atoms with van der Waals surface area (Å²) in [5.74, 6) is 2.46. The van der Waals surface area contributed by atoms with E-state index in [9.17, 15) is 0 Å². The Balaban J connectivity index is 0.00000243. The number of nitrogens with zero attached hydrogens (tertiary/aromatic N) is 2. The zero-order chi connectivity index (χ0) is 17.6. The molecule has 148 valence electrons. The molecule has 1 aliphatic carbocycles. The maximum atomic E-state index is 4.48. The maximum Gasteiger partial charge on any atom is 0.191 e. The van der Waals surface area contributed by atoms with Gasteiger partial charge in [0.05, 0.1) is 0 Å². The molecule has 4 nitrogen and oxygen atoms in total. The normalized spacial score (nSPS) is 30.5. The van der Waals surface area contributed by atoms with Gasteiger partial charge >= 0.3 is 0 Å². The van der Waals surface area contributed by atoms with Crippen molar-refractivity contribution in [1.29, 1.82) is 0 Å². The molecular formula is C20H35IN4S. The summed E-state index contributed by atoms with van der Waals surface area (Å²) in [6.45, 7) is 4.56. The molecule has 0 radical (unpaired) electrons. The number of hydrogen-bond acceptors (Lipinski definition) is 3. The van der Waals surface area contributed by atoms with Crippen LogP contribution < -0.4 is 10.6 Å². The smallest absolute Gasteiger partial charge is 0.191 e. The molecule has 2 aliphatic rings. The molecular weight excluding hydrogens is 455 g/mol. The molecule has 1 aromatic heterocycles. The first-order valence-electron chi connectivity index (χ1n) is 9.88. The number of aliphatic imine (C=N–C) groups is 1. The van der Waals surface area contributed by atoms with Crippen LogP contribution in [0.15, 0.2) is 22.5 Å². The van der Waals surface area contributed by atoms with E-state index in [0.29, 0.717) is 18.0 Å². The lowest BCUT2D eigenvalue weighted by atomic mass is 9.87. The predicted octanol–water partition coefficient (Wildman–Crippen LogP) is 4.49. The molecule has 2 N–H and O–H groups in total. The molecule has 0 aromatic carbocycles. The Morgan fingerprint density at radius 1 is 1.31 bits per heavy atom. The van der Waals surface area contributed by atoms with Crippen LogP contribution in [0, 0.1) is 11.8 Å². The van der Waals surface area contributed by atoms with Gasteiger partial charge < -0.3 is 10.6 Å². The third-order valence-electron chi connectivity index (χ3n) is 5.87. The van der Waals surface area contributed by atoms with Gasteiger partial charge in [0, 0.05) is 30.6 Å². The summed E-state index contributed by atoms with van der Waals surface area (Å²) in [7, 11) is 4.17. The highest BCUT2D eigenvalue weighted by Gasteiger charge is 2.31. The summed E-state index contributed by atoms with van der Waals surface area (Å²) < 4.78 is 0.